The van der Waals surface area contributed by atoms with Gasteiger partial charge in [-0.1, -0.05) is 12.8 Å². The van der Waals surface area contributed by atoms with Gasteiger partial charge in [-0.3, -0.25) is 0 Å². The maximum atomic E-state index is 11.3. The number of hydrogen-bond acceptors (Lipinski definition) is 3. The van der Waals surface area contributed by atoms with Crippen LogP contribution in [0, 0.1) is 5.92 Å². The lowest BCUT2D eigenvalue weighted by Crippen LogP contribution is -2.36. The molecular weight excluding hydrogens is 218 g/mol. The fourth-order valence-electron chi connectivity index (χ4n) is 2.70. The summed E-state index contributed by atoms with van der Waals surface area (Å²) in [5, 5.41) is 2.79. The minimum Gasteiger partial charge on any atom is -0.376 e. The number of hydrogen-bond donors (Lipinski definition) is 2. The molecule has 0 radical (unpaired) electrons. The molecule has 2 rings (SSSR count). The minimum absolute atomic E-state index is 0.0348. The van der Waals surface area contributed by atoms with E-state index in [0.717, 1.165) is 26.1 Å². The first-order valence-electron chi connectivity index (χ1n) is 6.65. The second-order valence-electron chi connectivity index (χ2n) is 4.91. The van der Waals surface area contributed by atoms with Crippen molar-refractivity contribution in [3.05, 3.63) is 0 Å². The second-order valence-corrected chi connectivity index (χ2v) is 4.91. The molecule has 2 amide bonds. The number of ether oxygens (including phenoxy) is 1. The summed E-state index contributed by atoms with van der Waals surface area (Å²) in [6.07, 6.45) is 5.13. The Kier molecular flexibility index (Phi) is 4.62. The zero-order valence-electron chi connectivity index (χ0n) is 10.4. The van der Waals surface area contributed by atoms with E-state index in [4.69, 9.17) is 10.5 Å². The number of rotatable bonds is 5. The minimum atomic E-state index is 0.0348. The summed E-state index contributed by atoms with van der Waals surface area (Å²) in [6.45, 7) is 3.60. The molecule has 3 N–H and O–H groups in total. The number of carbonyl (C=O) groups is 1. The van der Waals surface area contributed by atoms with Gasteiger partial charge in [-0.25, -0.2) is 4.79 Å². The van der Waals surface area contributed by atoms with Crippen LogP contribution in [0.15, 0.2) is 0 Å². The molecule has 1 aliphatic carbocycles. The normalized spacial score (nSPS) is 29.5. The van der Waals surface area contributed by atoms with Crippen molar-refractivity contribution in [1.29, 1.82) is 0 Å². The lowest BCUT2D eigenvalue weighted by Gasteiger charge is -2.31. The van der Waals surface area contributed by atoms with Gasteiger partial charge in [0.1, 0.15) is 0 Å². The molecule has 0 bridgehead atoms. The topological polar surface area (TPSA) is 67.6 Å². The van der Waals surface area contributed by atoms with Crippen molar-refractivity contribution < 1.29 is 9.53 Å². The molecule has 98 valence electrons. The summed E-state index contributed by atoms with van der Waals surface area (Å²) in [5.74, 6) is 0.510. The number of carbonyl (C=O) groups excluding carboxylic acids is 1. The van der Waals surface area contributed by atoms with Crippen molar-refractivity contribution >= 4 is 6.03 Å². The molecular formula is C12H23N3O2. The van der Waals surface area contributed by atoms with E-state index in [9.17, 15) is 4.79 Å². The molecule has 0 spiro atoms. The van der Waals surface area contributed by atoms with Gasteiger partial charge >= 0.3 is 6.03 Å². The van der Waals surface area contributed by atoms with Crippen LogP contribution < -0.4 is 11.1 Å². The molecule has 2 atom stereocenters. The van der Waals surface area contributed by atoms with Crippen LogP contribution in [0.1, 0.15) is 25.7 Å². The summed E-state index contributed by atoms with van der Waals surface area (Å²) in [7, 11) is 0. The number of amides is 2. The number of nitrogens with zero attached hydrogens (tertiary/aromatic N) is 1. The smallest absolute Gasteiger partial charge is 0.317 e. The molecule has 2 fully saturated rings. The number of nitrogens with two attached hydrogens (primary N) is 1. The van der Waals surface area contributed by atoms with E-state index in [1.165, 1.54) is 19.3 Å². The molecule has 2 aliphatic rings. The Hall–Kier alpha value is -0.810. The van der Waals surface area contributed by atoms with E-state index in [0.29, 0.717) is 25.2 Å². The van der Waals surface area contributed by atoms with Crippen molar-refractivity contribution in [3.8, 4) is 0 Å². The lowest BCUT2D eigenvalue weighted by atomic mass is 9.86. The SMILES string of the molecule is NCC1CCCCC1OCCN1CCNC1=O. The lowest BCUT2D eigenvalue weighted by molar-refractivity contribution is -0.0122. The monoisotopic (exact) mass is 241 g/mol. The molecule has 17 heavy (non-hydrogen) atoms. The van der Waals surface area contributed by atoms with E-state index in [2.05, 4.69) is 5.32 Å². The summed E-state index contributed by atoms with van der Waals surface area (Å²) >= 11 is 0. The third-order valence-corrected chi connectivity index (χ3v) is 3.78. The highest BCUT2D eigenvalue weighted by atomic mass is 16.5. The largest absolute Gasteiger partial charge is 0.376 e. The fourth-order valence-corrected chi connectivity index (χ4v) is 2.70. The van der Waals surface area contributed by atoms with Crippen LogP contribution in [0.3, 0.4) is 0 Å². The fraction of sp³-hybridized carbons (Fsp3) is 0.917. The predicted octanol–water partition coefficient (Wildman–Crippen LogP) is 0.546. The summed E-state index contributed by atoms with van der Waals surface area (Å²) < 4.78 is 5.90. The third-order valence-electron chi connectivity index (χ3n) is 3.78. The molecule has 1 aliphatic heterocycles. The zero-order chi connectivity index (χ0) is 12.1. The third kappa shape index (κ3) is 3.33. The maximum absolute atomic E-state index is 11.3. The highest BCUT2D eigenvalue weighted by Crippen LogP contribution is 2.25. The van der Waals surface area contributed by atoms with Gasteiger partial charge in [0.2, 0.25) is 0 Å². The zero-order valence-corrected chi connectivity index (χ0v) is 10.4. The van der Waals surface area contributed by atoms with Gasteiger partial charge in [0.25, 0.3) is 0 Å². The van der Waals surface area contributed by atoms with E-state index in [1.807, 2.05) is 0 Å². The van der Waals surface area contributed by atoms with E-state index in [1.54, 1.807) is 4.90 Å². The molecule has 1 saturated heterocycles. The second kappa shape index (κ2) is 6.21. The first kappa shape index (κ1) is 12.6. The first-order valence-corrected chi connectivity index (χ1v) is 6.65. The Morgan fingerprint density at radius 1 is 1.41 bits per heavy atom. The molecule has 0 aromatic rings. The molecule has 1 heterocycles. The Bertz CT molecular complexity index is 260. The van der Waals surface area contributed by atoms with Gasteiger partial charge in [0, 0.05) is 19.6 Å². The van der Waals surface area contributed by atoms with Crippen LogP contribution in [-0.2, 0) is 4.74 Å². The van der Waals surface area contributed by atoms with Crippen molar-refractivity contribution in [3.63, 3.8) is 0 Å². The first-order chi connectivity index (χ1) is 8.31. The Balaban J connectivity index is 1.68. The van der Waals surface area contributed by atoms with Crippen molar-refractivity contribution in [2.75, 3.05) is 32.8 Å². The van der Waals surface area contributed by atoms with Gasteiger partial charge in [0.05, 0.1) is 12.7 Å². The predicted molar refractivity (Wildman–Crippen MR) is 65.7 cm³/mol. The Morgan fingerprint density at radius 3 is 2.94 bits per heavy atom. The summed E-state index contributed by atoms with van der Waals surface area (Å²) in [5.41, 5.74) is 5.76. The van der Waals surface area contributed by atoms with Crippen LogP contribution in [0.25, 0.3) is 0 Å². The van der Waals surface area contributed by atoms with E-state index in [-0.39, 0.29) is 6.03 Å². The van der Waals surface area contributed by atoms with Crippen LogP contribution in [0.4, 0.5) is 4.79 Å². The number of nitrogens with one attached hydrogen (secondary N) is 1. The summed E-state index contributed by atoms with van der Waals surface area (Å²) in [4.78, 5) is 13.1. The van der Waals surface area contributed by atoms with Crippen LogP contribution in [0.2, 0.25) is 0 Å². The maximum Gasteiger partial charge on any atom is 0.317 e. The van der Waals surface area contributed by atoms with Gasteiger partial charge < -0.3 is 20.7 Å². The average molecular weight is 241 g/mol. The van der Waals surface area contributed by atoms with Crippen molar-refractivity contribution in [1.82, 2.24) is 10.2 Å². The molecule has 5 heteroatoms. The Labute approximate surface area is 103 Å². The molecule has 0 aromatic carbocycles. The highest BCUT2D eigenvalue weighted by Gasteiger charge is 2.25. The van der Waals surface area contributed by atoms with Gasteiger partial charge in [0.15, 0.2) is 0 Å². The molecule has 5 nitrogen and oxygen atoms in total. The van der Waals surface area contributed by atoms with Gasteiger partial charge in [-0.05, 0) is 25.3 Å². The van der Waals surface area contributed by atoms with E-state index < -0.39 is 0 Å². The number of urea groups is 1. The highest BCUT2D eigenvalue weighted by molar-refractivity contribution is 5.76. The van der Waals surface area contributed by atoms with E-state index >= 15 is 0 Å². The van der Waals surface area contributed by atoms with Crippen molar-refractivity contribution in [2.24, 2.45) is 11.7 Å². The van der Waals surface area contributed by atoms with Crippen LogP contribution in [-0.4, -0.2) is 49.8 Å². The van der Waals surface area contributed by atoms with Gasteiger partial charge in [-0.15, -0.1) is 0 Å². The molecule has 2 unspecified atom stereocenters. The van der Waals surface area contributed by atoms with Crippen LogP contribution in [0.5, 0.6) is 0 Å². The summed E-state index contributed by atoms with van der Waals surface area (Å²) in [6, 6.07) is 0.0348. The average Bonchev–Trinajstić information content (AvgIpc) is 2.76. The quantitative estimate of drug-likeness (QED) is 0.738. The Morgan fingerprint density at radius 2 is 2.24 bits per heavy atom. The van der Waals surface area contributed by atoms with Crippen molar-refractivity contribution in [2.45, 2.75) is 31.8 Å². The van der Waals surface area contributed by atoms with Gasteiger partial charge in [-0.2, -0.15) is 0 Å². The molecule has 0 aromatic heterocycles. The molecule has 1 saturated carbocycles. The standard InChI is InChI=1S/C12H23N3O2/c13-9-10-3-1-2-4-11(10)17-8-7-15-6-5-14-12(15)16/h10-11H,1-9,13H2,(H,14,16). The van der Waals surface area contributed by atoms with Crippen LogP contribution >= 0.6 is 0 Å².